The van der Waals surface area contributed by atoms with Crippen LogP contribution in [0.5, 0.6) is 11.6 Å². The van der Waals surface area contributed by atoms with Gasteiger partial charge in [-0.1, -0.05) is 42.5 Å². The van der Waals surface area contributed by atoms with Crippen LogP contribution < -0.4 is 15.4 Å². The average molecular weight is 744 g/mol. The Morgan fingerprint density at radius 3 is 1.69 bits per heavy atom. The Labute approximate surface area is 314 Å². The molecule has 0 radical (unpaired) electrons. The number of methoxy groups -OCH3 is 1. The first-order valence-electron chi connectivity index (χ1n) is 17.5. The number of carbonyl (C=O) groups is 2. The first-order chi connectivity index (χ1) is 26.6. The number of ether oxygens (including phenoxy) is 1. The van der Waals surface area contributed by atoms with E-state index in [0.29, 0.717) is 40.5 Å². The van der Waals surface area contributed by atoms with Crippen molar-refractivity contribution in [3.05, 3.63) is 137 Å². The van der Waals surface area contributed by atoms with Crippen molar-refractivity contribution in [3.63, 3.8) is 0 Å². The van der Waals surface area contributed by atoms with E-state index >= 15 is 0 Å². The number of phenols is 1. The minimum absolute atomic E-state index is 0.129. The predicted octanol–water partition coefficient (Wildman–Crippen LogP) is 9.52. The fourth-order valence-corrected chi connectivity index (χ4v) is 6.15. The topological polar surface area (TPSA) is 167 Å². The summed E-state index contributed by atoms with van der Waals surface area (Å²) in [6.45, 7) is 0. The van der Waals surface area contributed by atoms with Gasteiger partial charge in [0.15, 0.2) is 5.82 Å². The molecule has 55 heavy (non-hydrogen) atoms. The summed E-state index contributed by atoms with van der Waals surface area (Å²) in [6, 6.07) is 24.1. The lowest BCUT2D eigenvalue weighted by Gasteiger charge is -2.14. The van der Waals surface area contributed by atoms with Crippen LogP contribution in [0.4, 0.5) is 31.5 Å². The van der Waals surface area contributed by atoms with Crippen molar-refractivity contribution in [2.24, 2.45) is 0 Å². The van der Waals surface area contributed by atoms with Gasteiger partial charge in [0, 0.05) is 17.7 Å². The number of nitrogens with one attached hydrogen (secondary N) is 2. The predicted molar refractivity (Wildman–Crippen MR) is 203 cm³/mol. The number of aromatic nitrogens is 3. The maximum atomic E-state index is 13.9. The van der Waals surface area contributed by atoms with Gasteiger partial charge in [0.1, 0.15) is 17.4 Å². The smallest absolute Gasteiger partial charge is 0.337 e. The molecule has 0 atom stereocenters. The van der Waals surface area contributed by atoms with E-state index in [9.17, 15) is 33.7 Å². The normalized spacial score (nSPS) is 13.3. The molecule has 2 aliphatic rings. The lowest BCUT2D eigenvalue weighted by molar-refractivity contribution is 0.0687. The molecule has 0 aliphatic heterocycles. The van der Waals surface area contributed by atoms with Crippen LogP contribution in [0.15, 0.2) is 104 Å². The standard InChI is InChI=1S/C22H20N2O3.C20H15F2N3O3/c1-27-21-18(15-5-3-2-4-6-15)12-17(13-23-21)24-20-10-9-16(14-7-8-14)11-19(20)22(25)26;21-15-6-13(26)7-16(22)18(15)19-23-8-12(9-24-19)25-17-4-3-11(10-1-2-10)5-14(17)20(27)28/h2-6,9-14,24H,7-8H2,1H3,(H,25,26);3-10,25-26H,1-2H2,(H,27,28). The highest BCUT2D eigenvalue weighted by Crippen LogP contribution is 2.42. The van der Waals surface area contributed by atoms with Gasteiger partial charge in [-0.2, -0.15) is 0 Å². The number of benzene rings is 4. The summed E-state index contributed by atoms with van der Waals surface area (Å²) in [4.78, 5) is 35.6. The Balaban J connectivity index is 0.000000169. The fourth-order valence-electron chi connectivity index (χ4n) is 6.15. The van der Waals surface area contributed by atoms with Crippen molar-refractivity contribution >= 4 is 34.7 Å². The number of hydrogen-bond acceptors (Lipinski definition) is 9. The number of carboxylic acids is 2. The number of hydrogen-bond donors (Lipinski definition) is 5. The Kier molecular flexibility index (Phi) is 10.3. The molecule has 0 saturated heterocycles. The summed E-state index contributed by atoms with van der Waals surface area (Å²) in [5, 5.41) is 34.4. The van der Waals surface area contributed by atoms with Gasteiger partial charge in [-0.05, 0) is 84.5 Å². The van der Waals surface area contributed by atoms with Crippen molar-refractivity contribution in [1.29, 1.82) is 0 Å². The van der Waals surface area contributed by atoms with Crippen LogP contribution >= 0.6 is 0 Å². The van der Waals surface area contributed by atoms with Gasteiger partial charge < -0.3 is 30.7 Å². The number of aromatic hydroxyl groups is 1. The number of nitrogens with zero attached hydrogens (tertiary/aromatic N) is 3. The van der Waals surface area contributed by atoms with Crippen LogP contribution in [0.1, 0.15) is 69.4 Å². The summed E-state index contributed by atoms with van der Waals surface area (Å²) in [5.74, 6) is -3.25. The zero-order valence-electron chi connectivity index (χ0n) is 29.5. The summed E-state index contributed by atoms with van der Waals surface area (Å²) in [6.07, 6.45) is 8.63. The van der Waals surface area contributed by atoms with Crippen molar-refractivity contribution in [1.82, 2.24) is 15.0 Å². The number of halogens is 2. The summed E-state index contributed by atoms with van der Waals surface area (Å²) >= 11 is 0. The van der Waals surface area contributed by atoms with E-state index in [1.165, 1.54) is 12.4 Å². The molecule has 13 heteroatoms. The Morgan fingerprint density at radius 2 is 1.20 bits per heavy atom. The summed E-state index contributed by atoms with van der Waals surface area (Å²) < 4.78 is 33.2. The number of pyridine rings is 1. The zero-order chi connectivity index (χ0) is 38.6. The maximum absolute atomic E-state index is 13.9. The van der Waals surface area contributed by atoms with Crippen LogP contribution in [0.3, 0.4) is 0 Å². The molecule has 11 nitrogen and oxygen atoms in total. The molecule has 0 bridgehead atoms. The molecule has 278 valence electrons. The summed E-state index contributed by atoms with van der Waals surface area (Å²) in [5.41, 5.74) is 5.85. The first kappa shape index (κ1) is 36.5. The molecule has 0 unspecified atom stereocenters. The van der Waals surface area contributed by atoms with E-state index in [0.717, 1.165) is 60.1 Å². The van der Waals surface area contributed by atoms with E-state index in [-0.39, 0.29) is 17.0 Å². The number of anilines is 4. The Bertz CT molecular complexity index is 2360. The fraction of sp³-hybridized carbons (Fsp3) is 0.167. The van der Waals surface area contributed by atoms with E-state index in [2.05, 4.69) is 25.6 Å². The minimum atomic E-state index is -1.06. The second-order valence-electron chi connectivity index (χ2n) is 13.2. The number of phenolic OH excluding ortho intramolecular Hbond substituents is 1. The third kappa shape index (κ3) is 8.51. The van der Waals surface area contributed by atoms with Gasteiger partial charge in [-0.25, -0.2) is 33.3 Å². The maximum Gasteiger partial charge on any atom is 0.337 e. The zero-order valence-corrected chi connectivity index (χ0v) is 29.5. The molecule has 5 N–H and O–H groups in total. The minimum Gasteiger partial charge on any atom is -0.508 e. The van der Waals surface area contributed by atoms with Crippen LogP contribution in [0, 0.1) is 11.6 Å². The SMILES string of the molecule is COc1ncc(Nc2ccc(C3CC3)cc2C(=O)O)cc1-c1ccccc1.O=C(O)c1cc(C2CC2)ccc1Nc1cnc(-c2c(F)cc(O)cc2F)nc1. The molecule has 2 aliphatic carbocycles. The summed E-state index contributed by atoms with van der Waals surface area (Å²) in [7, 11) is 1.58. The van der Waals surface area contributed by atoms with Gasteiger partial charge in [0.05, 0.1) is 65.1 Å². The second-order valence-corrected chi connectivity index (χ2v) is 13.2. The van der Waals surface area contributed by atoms with E-state index < -0.39 is 34.9 Å². The van der Waals surface area contributed by atoms with E-state index in [4.69, 9.17) is 4.74 Å². The third-order valence-electron chi connectivity index (χ3n) is 9.24. The highest BCUT2D eigenvalue weighted by Gasteiger charge is 2.26. The molecule has 2 heterocycles. The lowest BCUT2D eigenvalue weighted by Crippen LogP contribution is -2.04. The number of rotatable bonds is 11. The van der Waals surface area contributed by atoms with Crippen LogP contribution in [0.25, 0.3) is 22.5 Å². The molecule has 0 amide bonds. The molecular weight excluding hydrogens is 708 g/mol. The van der Waals surface area contributed by atoms with Crippen molar-refractivity contribution < 1.29 is 38.4 Å². The largest absolute Gasteiger partial charge is 0.508 e. The van der Waals surface area contributed by atoms with Crippen LogP contribution in [0.2, 0.25) is 0 Å². The lowest BCUT2D eigenvalue weighted by atomic mass is 10.0. The molecule has 6 aromatic rings. The van der Waals surface area contributed by atoms with Gasteiger partial charge in [-0.15, -0.1) is 0 Å². The van der Waals surface area contributed by atoms with Crippen molar-refractivity contribution in [3.8, 4) is 34.1 Å². The van der Waals surface area contributed by atoms with Gasteiger partial charge >= 0.3 is 11.9 Å². The van der Waals surface area contributed by atoms with E-state index in [1.807, 2.05) is 54.6 Å². The molecular formula is C42H35F2N5O6. The van der Waals surface area contributed by atoms with E-state index in [1.54, 1.807) is 31.5 Å². The van der Waals surface area contributed by atoms with Crippen LogP contribution in [-0.2, 0) is 0 Å². The Morgan fingerprint density at radius 1 is 0.691 bits per heavy atom. The molecule has 2 saturated carbocycles. The number of carboxylic acid groups (broad SMARTS) is 2. The second kappa shape index (κ2) is 15.6. The monoisotopic (exact) mass is 743 g/mol. The van der Waals surface area contributed by atoms with Crippen molar-refractivity contribution in [2.75, 3.05) is 17.7 Å². The molecule has 2 aromatic heterocycles. The Hall–Kier alpha value is -6.89. The third-order valence-corrected chi connectivity index (χ3v) is 9.24. The average Bonchev–Trinajstić information content (AvgIpc) is 4.11. The first-order valence-corrected chi connectivity index (χ1v) is 17.5. The van der Waals surface area contributed by atoms with Crippen molar-refractivity contribution in [2.45, 2.75) is 37.5 Å². The quantitative estimate of drug-likeness (QED) is 0.0858. The molecule has 0 spiro atoms. The van der Waals surface area contributed by atoms with Crippen LogP contribution in [-0.4, -0.2) is 49.3 Å². The highest BCUT2D eigenvalue weighted by atomic mass is 19.1. The van der Waals surface area contributed by atoms with Gasteiger partial charge in [-0.3, -0.25) is 0 Å². The molecule has 4 aromatic carbocycles. The highest BCUT2D eigenvalue weighted by molar-refractivity contribution is 5.96. The molecule has 8 rings (SSSR count). The van der Waals surface area contributed by atoms with Gasteiger partial charge in [0.2, 0.25) is 5.88 Å². The number of aromatic carboxylic acids is 2. The van der Waals surface area contributed by atoms with Gasteiger partial charge in [0.25, 0.3) is 0 Å². The molecule has 2 fully saturated rings.